The van der Waals surface area contributed by atoms with Crippen molar-refractivity contribution in [2.24, 2.45) is 0 Å². The van der Waals surface area contributed by atoms with E-state index in [1.54, 1.807) is 12.1 Å². The molecule has 0 saturated carbocycles. The minimum absolute atomic E-state index is 0.113. The Morgan fingerprint density at radius 3 is 2.55 bits per heavy atom. The fourth-order valence-electron chi connectivity index (χ4n) is 2.62. The van der Waals surface area contributed by atoms with Gasteiger partial charge in [0.1, 0.15) is 5.82 Å². The Morgan fingerprint density at radius 1 is 1.30 bits per heavy atom. The zero-order chi connectivity index (χ0) is 14.2. The van der Waals surface area contributed by atoms with E-state index >= 15 is 0 Å². The van der Waals surface area contributed by atoms with Crippen molar-refractivity contribution >= 4 is 23.4 Å². The third kappa shape index (κ3) is 2.46. The van der Waals surface area contributed by atoms with Crippen LogP contribution in [0.4, 0.5) is 5.82 Å². The van der Waals surface area contributed by atoms with E-state index in [2.05, 4.69) is 4.98 Å². The number of anilines is 1. The number of piperidine rings is 1. The number of pyridine rings is 1. The molecule has 0 amide bonds. The van der Waals surface area contributed by atoms with Gasteiger partial charge in [0.2, 0.25) is 0 Å². The highest BCUT2D eigenvalue weighted by molar-refractivity contribution is 6.33. The molecule has 108 valence electrons. The Labute approximate surface area is 121 Å². The Bertz CT molecular complexity index is 521. The maximum absolute atomic E-state index is 11.1. The summed E-state index contributed by atoms with van der Waals surface area (Å²) < 4.78 is 11.3. The molecular weight excluding hydrogens is 284 g/mol. The van der Waals surface area contributed by atoms with Crippen molar-refractivity contribution in [3.05, 3.63) is 22.8 Å². The lowest BCUT2D eigenvalue weighted by molar-refractivity contribution is -0.169. The second kappa shape index (κ2) is 5.20. The van der Waals surface area contributed by atoms with Gasteiger partial charge >= 0.3 is 5.97 Å². The fraction of sp³-hybridized carbons (Fsp3) is 0.538. The SMILES string of the molecule is O=C(O)c1nc(N2CCC3(CC2)OCCO3)ccc1Cl. The van der Waals surface area contributed by atoms with Gasteiger partial charge in [-0.15, -0.1) is 0 Å². The summed E-state index contributed by atoms with van der Waals surface area (Å²) in [7, 11) is 0. The lowest BCUT2D eigenvalue weighted by Gasteiger charge is -2.38. The Morgan fingerprint density at radius 2 is 1.95 bits per heavy atom. The first-order chi connectivity index (χ1) is 9.60. The molecule has 2 aliphatic heterocycles. The minimum atomic E-state index is -1.12. The molecule has 1 N–H and O–H groups in total. The molecule has 7 heteroatoms. The molecule has 0 bridgehead atoms. The number of nitrogens with zero attached hydrogens (tertiary/aromatic N) is 2. The zero-order valence-corrected chi connectivity index (χ0v) is 11.6. The maximum Gasteiger partial charge on any atom is 0.356 e. The van der Waals surface area contributed by atoms with Crippen molar-refractivity contribution in [1.82, 2.24) is 4.98 Å². The molecule has 1 aromatic rings. The molecule has 0 unspecified atom stereocenters. The Hall–Kier alpha value is -1.37. The van der Waals surface area contributed by atoms with E-state index in [0.717, 1.165) is 12.8 Å². The molecule has 1 aromatic heterocycles. The molecule has 2 fully saturated rings. The van der Waals surface area contributed by atoms with Crippen LogP contribution in [-0.2, 0) is 9.47 Å². The van der Waals surface area contributed by atoms with Crippen LogP contribution < -0.4 is 4.90 Å². The third-order valence-corrected chi connectivity index (χ3v) is 4.00. The number of aromatic carboxylic acids is 1. The van der Waals surface area contributed by atoms with Gasteiger partial charge in [-0.05, 0) is 12.1 Å². The molecule has 0 aliphatic carbocycles. The van der Waals surface area contributed by atoms with Gasteiger partial charge in [0.25, 0.3) is 0 Å². The predicted molar refractivity (Wildman–Crippen MR) is 72.3 cm³/mol. The quantitative estimate of drug-likeness (QED) is 0.897. The summed E-state index contributed by atoms with van der Waals surface area (Å²) in [6.07, 6.45) is 1.50. The van der Waals surface area contributed by atoms with Crippen LogP contribution in [0.25, 0.3) is 0 Å². The van der Waals surface area contributed by atoms with Gasteiger partial charge in [0, 0.05) is 25.9 Å². The van der Waals surface area contributed by atoms with Crippen LogP contribution >= 0.6 is 11.6 Å². The second-order valence-electron chi connectivity index (χ2n) is 4.90. The summed E-state index contributed by atoms with van der Waals surface area (Å²) >= 11 is 5.83. The van der Waals surface area contributed by atoms with Crippen LogP contribution in [0, 0.1) is 0 Å². The number of hydrogen-bond donors (Lipinski definition) is 1. The van der Waals surface area contributed by atoms with E-state index < -0.39 is 11.8 Å². The van der Waals surface area contributed by atoms with Gasteiger partial charge in [0.05, 0.1) is 18.2 Å². The molecule has 0 aromatic carbocycles. The number of carboxylic acids is 1. The van der Waals surface area contributed by atoms with Gasteiger partial charge < -0.3 is 19.5 Å². The molecule has 3 heterocycles. The maximum atomic E-state index is 11.1. The first-order valence-corrected chi connectivity index (χ1v) is 6.90. The zero-order valence-electron chi connectivity index (χ0n) is 10.8. The third-order valence-electron chi connectivity index (χ3n) is 3.70. The monoisotopic (exact) mass is 298 g/mol. The lowest BCUT2D eigenvalue weighted by atomic mass is 10.0. The summed E-state index contributed by atoms with van der Waals surface area (Å²) in [6.45, 7) is 2.71. The van der Waals surface area contributed by atoms with E-state index in [1.165, 1.54) is 0 Å². The Kier molecular flexibility index (Phi) is 3.54. The van der Waals surface area contributed by atoms with Gasteiger partial charge in [-0.2, -0.15) is 0 Å². The number of hydrogen-bond acceptors (Lipinski definition) is 5. The van der Waals surface area contributed by atoms with Crippen LogP contribution in [0.5, 0.6) is 0 Å². The molecule has 0 atom stereocenters. The number of carbonyl (C=O) groups is 1. The molecule has 20 heavy (non-hydrogen) atoms. The van der Waals surface area contributed by atoms with Crippen LogP contribution in [-0.4, -0.2) is 48.2 Å². The summed E-state index contributed by atoms with van der Waals surface area (Å²) in [5.74, 6) is -0.939. The van der Waals surface area contributed by atoms with E-state index in [1.807, 2.05) is 4.90 Å². The normalized spacial score (nSPS) is 21.4. The lowest BCUT2D eigenvalue weighted by Crippen LogP contribution is -2.45. The van der Waals surface area contributed by atoms with Crippen molar-refractivity contribution in [3.63, 3.8) is 0 Å². The van der Waals surface area contributed by atoms with Crippen molar-refractivity contribution < 1.29 is 19.4 Å². The highest BCUT2D eigenvalue weighted by Gasteiger charge is 2.40. The number of rotatable bonds is 2. The molecule has 2 saturated heterocycles. The van der Waals surface area contributed by atoms with Gasteiger partial charge in [-0.1, -0.05) is 11.6 Å². The summed E-state index contributed by atoms with van der Waals surface area (Å²) in [6, 6.07) is 3.31. The Balaban J connectivity index is 1.75. The largest absolute Gasteiger partial charge is 0.476 e. The first kappa shape index (κ1) is 13.6. The predicted octanol–water partition coefficient (Wildman–Crippen LogP) is 1.78. The number of aromatic nitrogens is 1. The highest BCUT2D eigenvalue weighted by Crippen LogP contribution is 2.33. The van der Waals surface area contributed by atoms with Gasteiger partial charge in [-0.25, -0.2) is 9.78 Å². The van der Waals surface area contributed by atoms with Crippen molar-refractivity contribution in [1.29, 1.82) is 0 Å². The van der Waals surface area contributed by atoms with Crippen LogP contribution in [0.2, 0.25) is 5.02 Å². The number of ether oxygens (including phenoxy) is 2. The molecule has 3 rings (SSSR count). The van der Waals surface area contributed by atoms with E-state index in [9.17, 15) is 4.79 Å². The molecular formula is C13H15ClN2O4. The van der Waals surface area contributed by atoms with Gasteiger partial charge in [0.15, 0.2) is 11.5 Å². The standard InChI is InChI=1S/C13H15ClN2O4/c14-9-1-2-10(15-11(9)12(17)18)16-5-3-13(4-6-16)19-7-8-20-13/h1-2H,3-8H2,(H,17,18). The number of halogens is 1. The topological polar surface area (TPSA) is 71.9 Å². The van der Waals surface area contributed by atoms with E-state index in [-0.39, 0.29) is 10.7 Å². The van der Waals surface area contributed by atoms with Crippen LogP contribution in [0.1, 0.15) is 23.3 Å². The summed E-state index contributed by atoms with van der Waals surface area (Å²) in [5.41, 5.74) is -0.113. The molecule has 0 radical (unpaired) electrons. The molecule has 2 aliphatic rings. The summed E-state index contributed by atoms with van der Waals surface area (Å²) in [4.78, 5) is 17.2. The average Bonchev–Trinajstić information content (AvgIpc) is 2.88. The molecule has 6 nitrogen and oxygen atoms in total. The second-order valence-corrected chi connectivity index (χ2v) is 5.31. The van der Waals surface area contributed by atoms with Gasteiger partial charge in [-0.3, -0.25) is 0 Å². The van der Waals surface area contributed by atoms with E-state index in [4.69, 9.17) is 26.2 Å². The number of carboxylic acid groups (broad SMARTS) is 1. The van der Waals surface area contributed by atoms with E-state index in [0.29, 0.717) is 32.1 Å². The molecule has 1 spiro atoms. The van der Waals surface area contributed by atoms with Crippen molar-refractivity contribution in [2.75, 3.05) is 31.2 Å². The van der Waals surface area contributed by atoms with Crippen molar-refractivity contribution in [3.8, 4) is 0 Å². The fourth-order valence-corrected chi connectivity index (χ4v) is 2.81. The highest BCUT2D eigenvalue weighted by atomic mass is 35.5. The van der Waals surface area contributed by atoms with Crippen LogP contribution in [0.3, 0.4) is 0 Å². The first-order valence-electron chi connectivity index (χ1n) is 6.52. The summed E-state index contributed by atoms with van der Waals surface area (Å²) in [5, 5.41) is 9.20. The van der Waals surface area contributed by atoms with Crippen LogP contribution in [0.15, 0.2) is 12.1 Å². The average molecular weight is 299 g/mol. The van der Waals surface area contributed by atoms with Crippen molar-refractivity contribution in [2.45, 2.75) is 18.6 Å². The smallest absolute Gasteiger partial charge is 0.356 e. The minimum Gasteiger partial charge on any atom is -0.476 e.